The highest BCUT2D eigenvalue weighted by Gasteiger charge is 2.13. The van der Waals surface area contributed by atoms with Crippen LogP contribution in [0.1, 0.15) is 17.5 Å². The largest absolute Gasteiger partial charge is 0.315 e. The molecule has 2 nitrogen and oxygen atoms in total. The monoisotopic (exact) mass is 328 g/mol. The van der Waals surface area contributed by atoms with Crippen molar-refractivity contribution < 1.29 is 4.39 Å². The van der Waals surface area contributed by atoms with Crippen molar-refractivity contribution >= 4 is 27.3 Å². The van der Waals surface area contributed by atoms with Gasteiger partial charge in [-0.2, -0.15) is 0 Å². The van der Waals surface area contributed by atoms with E-state index in [1.807, 2.05) is 7.05 Å². The Morgan fingerprint density at radius 3 is 2.83 bits per heavy atom. The standard InChI is InChI=1S/C13H14BrFN2S/c1-3-11-12(7-16-2)18-13(17-11)9-5-4-8(15)6-10(9)14/h4-6,16H,3,7H2,1-2H3. The van der Waals surface area contributed by atoms with E-state index in [2.05, 4.69) is 33.2 Å². The molecule has 1 heterocycles. The zero-order valence-corrected chi connectivity index (χ0v) is 12.7. The smallest absolute Gasteiger partial charge is 0.125 e. The van der Waals surface area contributed by atoms with Crippen LogP contribution in [-0.4, -0.2) is 12.0 Å². The third-order valence-electron chi connectivity index (χ3n) is 2.61. The van der Waals surface area contributed by atoms with E-state index >= 15 is 0 Å². The van der Waals surface area contributed by atoms with Crippen molar-refractivity contribution in [2.75, 3.05) is 7.05 Å². The van der Waals surface area contributed by atoms with E-state index in [-0.39, 0.29) is 5.82 Å². The SMILES string of the molecule is CCc1nc(-c2ccc(F)cc2Br)sc1CNC. The van der Waals surface area contributed by atoms with Gasteiger partial charge in [0.05, 0.1) is 5.69 Å². The molecular weight excluding hydrogens is 315 g/mol. The predicted octanol–water partition coefficient (Wildman–Crippen LogP) is 3.99. The Morgan fingerprint density at radius 1 is 1.44 bits per heavy atom. The average Bonchev–Trinajstić information content (AvgIpc) is 2.72. The maximum Gasteiger partial charge on any atom is 0.125 e. The molecule has 96 valence electrons. The first-order chi connectivity index (χ1) is 8.65. The second-order valence-corrected chi connectivity index (χ2v) is 5.83. The molecule has 2 rings (SSSR count). The van der Waals surface area contributed by atoms with E-state index in [0.29, 0.717) is 0 Å². The Kier molecular flexibility index (Phi) is 4.48. The van der Waals surface area contributed by atoms with Crippen LogP contribution in [0, 0.1) is 5.82 Å². The summed E-state index contributed by atoms with van der Waals surface area (Å²) < 4.78 is 13.8. The summed E-state index contributed by atoms with van der Waals surface area (Å²) in [5, 5.41) is 4.08. The lowest BCUT2D eigenvalue weighted by atomic mass is 10.2. The van der Waals surface area contributed by atoms with E-state index in [1.54, 1.807) is 17.4 Å². The highest BCUT2D eigenvalue weighted by atomic mass is 79.9. The lowest BCUT2D eigenvalue weighted by Gasteiger charge is -1.99. The zero-order valence-electron chi connectivity index (χ0n) is 10.3. The summed E-state index contributed by atoms with van der Waals surface area (Å²) in [6, 6.07) is 4.70. The molecule has 0 saturated carbocycles. The molecular formula is C13H14BrFN2S. The quantitative estimate of drug-likeness (QED) is 0.917. The molecule has 5 heteroatoms. The van der Waals surface area contributed by atoms with Gasteiger partial charge in [-0.1, -0.05) is 6.92 Å². The van der Waals surface area contributed by atoms with Crippen LogP contribution in [0.25, 0.3) is 10.6 Å². The molecule has 0 aliphatic carbocycles. The van der Waals surface area contributed by atoms with Gasteiger partial charge in [-0.05, 0) is 47.6 Å². The molecule has 0 unspecified atom stereocenters. The van der Waals surface area contributed by atoms with Gasteiger partial charge in [-0.25, -0.2) is 9.37 Å². The van der Waals surface area contributed by atoms with Crippen LogP contribution in [-0.2, 0) is 13.0 Å². The number of hydrogen-bond acceptors (Lipinski definition) is 3. The third kappa shape index (κ3) is 2.79. The van der Waals surface area contributed by atoms with E-state index in [1.165, 1.54) is 17.0 Å². The summed E-state index contributed by atoms with van der Waals surface area (Å²) in [5.41, 5.74) is 2.05. The normalized spacial score (nSPS) is 10.9. The molecule has 0 radical (unpaired) electrons. The fourth-order valence-corrected chi connectivity index (χ4v) is 3.61. The third-order valence-corrected chi connectivity index (χ3v) is 4.40. The molecule has 0 bridgehead atoms. The molecule has 18 heavy (non-hydrogen) atoms. The Morgan fingerprint density at radius 2 is 2.22 bits per heavy atom. The number of benzene rings is 1. The molecule has 1 N–H and O–H groups in total. The molecule has 2 aromatic rings. The predicted molar refractivity (Wildman–Crippen MR) is 77.3 cm³/mol. The molecule has 0 aliphatic rings. The number of nitrogens with one attached hydrogen (secondary N) is 1. The molecule has 1 aromatic carbocycles. The van der Waals surface area contributed by atoms with E-state index < -0.39 is 0 Å². The van der Waals surface area contributed by atoms with Gasteiger partial charge in [0, 0.05) is 21.5 Å². The van der Waals surface area contributed by atoms with Crippen molar-refractivity contribution in [3.05, 3.63) is 39.1 Å². The van der Waals surface area contributed by atoms with Crippen molar-refractivity contribution in [3.8, 4) is 10.6 Å². The summed E-state index contributed by atoms with van der Waals surface area (Å²) in [7, 11) is 1.92. The first kappa shape index (κ1) is 13.6. The molecule has 0 atom stereocenters. The van der Waals surface area contributed by atoms with Crippen LogP contribution in [0.5, 0.6) is 0 Å². The maximum absolute atomic E-state index is 13.1. The number of rotatable bonds is 4. The minimum Gasteiger partial charge on any atom is -0.315 e. The van der Waals surface area contributed by atoms with Gasteiger partial charge in [-0.15, -0.1) is 11.3 Å². The zero-order chi connectivity index (χ0) is 13.1. The van der Waals surface area contributed by atoms with E-state index in [0.717, 1.165) is 33.7 Å². The van der Waals surface area contributed by atoms with Crippen molar-refractivity contribution in [2.24, 2.45) is 0 Å². The second-order valence-electron chi connectivity index (χ2n) is 3.90. The van der Waals surface area contributed by atoms with Gasteiger partial charge >= 0.3 is 0 Å². The lowest BCUT2D eigenvalue weighted by molar-refractivity contribution is 0.627. The number of aryl methyl sites for hydroxylation is 1. The molecule has 0 amide bonds. The summed E-state index contributed by atoms with van der Waals surface area (Å²) in [4.78, 5) is 5.88. The van der Waals surface area contributed by atoms with Gasteiger partial charge in [-0.3, -0.25) is 0 Å². The Balaban J connectivity index is 2.44. The van der Waals surface area contributed by atoms with Crippen LogP contribution in [0.3, 0.4) is 0 Å². The fraction of sp³-hybridized carbons (Fsp3) is 0.308. The second kappa shape index (κ2) is 5.91. The van der Waals surface area contributed by atoms with Crippen LogP contribution >= 0.6 is 27.3 Å². The van der Waals surface area contributed by atoms with Gasteiger partial charge in [0.25, 0.3) is 0 Å². The first-order valence-electron chi connectivity index (χ1n) is 5.74. The molecule has 0 fully saturated rings. The minimum atomic E-state index is -0.242. The van der Waals surface area contributed by atoms with Crippen molar-refractivity contribution in [1.82, 2.24) is 10.3 Å². The van der Waals surface area contributed by atoms with Gasteiger partial charge in [0.1, 0.15) is 10.8 Å². The summed E-state index contributed by atoms with van der Waals surface area (Å²) >= 11 is 5.05. The highest BCUT2D eigenvalue weighted by Crippen LogP contribution is 2.33. The Labute approximate surface area is 118 Å². The van der Waals surface area contributed by atoms with E-state index in [9.17, 15) is 4.39 Å². The van der Waals surface area contributed by atoms with Crippen LogP contribution < -0.4 is 5.32 Å². The average molecular weight is 329 g/mol. The molecule has 0 aliphatic heterocycles. The molecule has 1 aromatic heterocycles. The van der Waals surface area contributed by atoms with Crippen LogP contribution in [0.2, 0.25) is 0 Å². The topological polar surface area (TPSA) is 24.9 Å². The number of aromatic nitrogens is 1. The minimum absolute atomic E-state index is 0.242. The number of halogens is 2. The van der Waals surface area contributed by atoms with Crippen molar-refractivity contribution in [3.63, 3.8) is 0 Å². The fourth-order valence-electron chi connectivity index (χ4n) is 1.74. The van der Waals surface area contributed by atoms with Crippen LogP contribution in [0.15, 0.2) is 22.7 Å². The number of nitrogens with zero attached hydrogens (tertiary/aromatic N) is 1. The van der Waals surface area contributed by atoms with Crippen molar-refractivity contribution in [2.45, 2.75) is 19.9 Å². The maximum atomic E-state index is 13.1. The summed E-state index contributed by atoms with van der Waals surface area (Å²) in [5.74, 6) is -0.242. The highest BCUT2D eigenvalue weighted by molar-refractivity contribution is 9.10. The van der Waals surface area contributed by atoms with Gasteiger partial charge < -0.3 is 5.32 Å². The first-order valence-corrected chi connectivity index (χ1v) is 7.35. The number of thiazole rings is 1. The lowest BCUT2D eigenvalue weighted by Crippen LogP contribution is -2.05. The van der Waals surface area contributed by atoms with Gasteiger partial charge in [0.15, 0.2) is 0 Å². The van der Waals surface area contributed by atoms with Crippen LogP contribution in [0.4, 0.5) is 4.39 Å². The van der Waals surface area contributed by atoms with E-state index in [4.69, 9.17) is 0 Å². The molecule has 0 saturated heterocycles. The number of hydrogen-bond donors (Lipinski definition) is 1. The Bertz CT molecular complexity index is 554. The van der Waals surface area contributed by atoms with Gasteiger partial charge in [0.2, 0.25) is 0 Å². The summed E-state index contributed by atoms with van der Waals surface area (Å²) in [6.07, 6.45) is 0.909. The summed E-state index contributed by atoms with van der Waals surface area (Å²) in [6.45, 7) is 2.91. The molecule has 0 spiro atoms. The van der Waals surface area contributed by atoms with Crippen molar-refractivity contribution in [1.29, 1.82) is 0 Å². The Hall–Kier alpha value is -0.780.